The Morgan fingerprint density at radius 1 is 1.21 bits per heavy atom. The molecule has 28 heavy (non-hydrogen) atoms. The molecule has 144 valence electrons. The molecule has 0 aromatic heterocycles. The van der Waals surface area contributed by atoms with Crippen LogP contribution in [0.4, 0.5) is 4.39 Å². The van der Waals surface area contributed by atoms with Gasteiger partial charge in [-0.25, -0.2) is 4.39 Å². The van der Waals surface area contributed by atoms with Crippen LogP contribution in [0.1, 0.15) is 10.4 Å². The fourth-order valence-electron chi connectivity index (χ4n) is 3.53. The fourth-order valence-corrected chi connectivity index (χ4v) is 3.65. The van der Waals surface area contributed by atoms with Gasteiger partial charge in [0.05, 0.1) is 24.3 Å². The van der Waals surface area contributed by atoms with Crippen LogP contribution in [0.2, 0.25) is 5.02 Å². The van der Waals surface area contributed by atoms with Gasteiger partial charge in [-0.2, -0.15) is 0 Å². The summed E-state index contributed by atoms with van der Waals surface area (Å²) in [6.45, 7) is 1.17. The second kappa shape index (κ2) is 7.87. The van der Waals surface area contributed by atoms with Gasteiger partial charge >= 0.3 is 0 Å². The third-order valence-corrected chi connectivity index (χ3v) is 5.29. The number of benzene rings is 3. The van der Waals surface area contributed by atoms with Crippen LogP contribution in [0, 0.1) is 5.82 Å². The first-order valence-electron chi connectivity index (χ1n) is 9.07. The van der Waals surface area contributed by atoms with Gasteiger partial charge in [0.1, 0.15) is 5.82 Å². The zero-order chi connectivity index (χ0) is 19.7. The Kier molecular flexibility index (Phi) is 5.31. The highest BCUT2D eigenvalue weighted by atomic mass is 35.5. The molecule has 3 aromatic carbocycles. The predicted octanol–water partition coefficient (Wildman–Crippen LogP) is 4.13. The molecule has 0 bridgehead atoms. The van der Waals surface area contributed by atoms with Gasteiger partial charge < -0.3 is 14.7 Å². The number of aliphatic hydroxyl groups excluding tert-OH is 1. The Morgan fingerprint density at radius 2 is 2.07 bits per heavy atom. The quantitative estimate of drug-likeness (QED) is 0.720. The lowest BCUT2D eigenvalue weighted by Gasteiger charge is -2.32. The highest BCUT2D eigenvalue weighted by Crippen LogP contribution is 2.31. The summed E-state index contributed by atoms with van der Waals surface area (Å²) in [5.74, 6) is -0.555. The van der Waals surface area contributed by atoms with Crippen LogP contribution >= 0.6 is 11.6 Å². The van der Waals surface area contributed by atoms with E-state index in [1.807, 2.05) is 30.3 Å². The van der Waals surface area contributed by atoms with Crippen molar-refractivity contribution >= 4 is 28.3 Å². The van der Waals surface area contributed by atoms with Crippen molar-refractivity contribution < 1.29 is 19.0 Å². The SMILES string of the molecule is O=C(c1ccc2c(-c3ccc(Cl)c(F)c3)cccc2c1)N1CCO[C@H](CO)C1. The maximum absolute atomic E-state index is 13.9. The lowest BCUT2D eigenvalue weighted by Crippen LogP contribution is -2.46. The van der Waals surface area contributed by atoms with Crippen molar-refractivity contribution in [3.63, 3.8) is 0 Å². The summed E-state index contributed by atoms with van der Waals surface area (Å²) in [4.78, 5) is 14.6. The zero-order valence-corrected chi connectivity index (χ0v) is 15.8. The minimum Gasteiger partial charge on any atom is -0.394 e. The second-order valence-corrected chi connectivity index (χ2v) is 7.20. The topological polar surface area (TPSA) is 49.8 Å². The second-order valence-electron chi connectivity index (χ2n) is 6.80. The van der Waals surface area contributed by atoms with Gasteiger partial charge in [0.2, 0.25) is 0 Å². The van der Waals surface area contributed by atoms with Crippen LogP contribution in [0.25, 0.3) is 21.9 Å². The van der Waals surface area contributed by atoms with E-state index in [0.29, 0.717) is 25.3 Å². The van der Waals surface area contributed by atoms with E-state index in [4.69, 9.17) is 16.3 Å². The molecule has 1 heterocycles. The molecule has 1 atom stereocenters. The third kappa shape index (κ3) is 3.61. The zero-order valence-electron chi connectivity index (χ0n) is 15.1. The van der Waals surface area contributed by atoms with E-state index in [2.05, 4.69) is 0 Å². The van der Waals surface area contributed by atoms with Crippen LogP contribution in [0.5, 0.6) is 0 Å². The van der Waals surface area contributed by atoms with Crippen molar-refractivity contribution in [2.75, 3.05) is 26.3 Å². The number of ether oxygens (including phenoxy) is 1. The van der Waals surface area contributed by atoms with Gasteiger partial charge in [-0.1, -0.05) is 41.9 Å². The average Bonchev–Trinajstić information content (AvgIpc) is 2.74. The van der Waals surface area contributed by atoms with Crippen LogP contribution in [-0.4, -0.2) is 48.3 Å². The van der Waals surface area contributed by atoms with Crippen molar-refractivity contribution in [2.24, 2.45) is 0 Å². The molecule has 1 saturated heterocycles. The molecule has 0 unspecified atom stereocenters. The molecule has 3 aromatic rings. The standard InChI is InChI=1S/C22H19ClFNO3/c23-20-7-5-15(11-21(20)24)18-3-1-2-14-10-16(4-6-19(14)18)22(27)25-8-9-28-17(12-25)13-26/h1-7,10-11,17,26H,8-9,12-13H2/t17-/m0/s1. The minimum atomic E-state index is -0.464. The number of nitrogens with zero attached hydrogens (tertiary/aromatic N) is 1. The van der Waals surface area contributed by atoms with E-state index < -0.39 is 5.82 Å². The number of hydrogen-bond donors (Lipinski definition) is 1. The first-order valence-corrected chi connectivity index (χ1v) is 9.44. The molecule has 1 aliphatic rings. The summed E-state index contributed by atoms with van der Waals surface area (Å²) in [7, 11) is 0. The van der Waals surface area contributed by atoms with E-state index in [1.165, 1.54) is 6.07 Å². The summed E-state index contributed by atoms with van der Waals surface area (Å²) in [6, 6.07) is 16.0. The number of hydrogen-bond acceptors (Lipinski definition) is 3. The van der Waals surface area contributed by atoms with E-state index in [0.717, 1.165) is 21.9 Å². The summed E-state index contributed by atoms with van der Waals surface area (Å²) >= 11 is 5.79. The van der Waals surface area contributed by atoms with Crippen molar-refractivity contribution in [1.29, 1.82) is 0 Å². The number of carbonyl (C=O) groups excluding carboxylic acids is 1. The van der Waals surface area contributed by atoms with Gasteiger partial charge in [0.15, 0.2) is 0 Å². The van der Waals surface area contributed by atoms with Crippen molar-refractivity contribution in [3.8, 4) is 11.1 Å². The Morgan fingerprint density at radius 3 is 2.86 bits per heavy atom. The molecular weight excluding hydrogens is 381 g/mol. The van der Waals surface area contributed by atoms with E-state index in [-0.39, 0.29) is 23.6 Å². The van der Waals surface area contributed by atoms with E-state index >= 15 is 0 Å². The first-order chi connectivity index (χ1) is 13.6. The smallest absolute Gasteiger partial charge is 0.254 e. The Bertz CT molecular complexity index is 1040. The number of fused-ring (bicyclic) bond motifs is 1. The number of morpholine rings is 1. The van der Waals surface area contributed by atoms with Crippen molar-refractivity contribution in [2.45, 2.75) is 6.10 Å². The van der Waals surface area contributed by atoms with Crippen LogP contribution in [0.3, 0.4) is 0 Å². The molecule has 1 fully saturated rings. The fraction of sp³-hybridized carbons (Fsp3) is 0.227. The molecule has 0 radical (unpaired) electrons. The lowest BCUT2D eigenvalue weighted by molar-refractivity contribution is -0.0447. The molecule has 4 nitrogen and oxygen atoms in total. The Labute approximate surface area is 167 Å². The maximum atomic E-state index is 13.9. The number of halogens is 2. The number of carbonyl (C=O) groups is 1. The maximum Gasteiger partial charge on any atom is 0.254 e. The van der Waals surface area contributed by atoms with E-state index in [1.54, 1.807) is 23.1 Å². The predicted molar refractivity (Wildman–Crippen MR) is 107 cm³/mol. The molecule has 1 aliphatic heterocycles. The molecule has 1 amide bonds. The monoisotopic (exact) mass is 399 g/mol. The summed E-state index contributed by atoms with van der Waals surface area (Å²) < 4.78 is 19.3. The molecule has 1 N–H and O–H groups in total. The van der Waals surface area contributed by atoms with Crippen LogP contribution in [0.15, 0.2) is 54.6 Å². The van der Waals surface area contributed by atoms with Gasteiger partial charge in [-0.15, -0.1) is 0 Å². The van der Waals surface area contributed by atoms with Crippen molar-refractivity contribution in [3.05, 3.63) is 71.0 Å². The largest absolute Gasteiger partial charge is 0.394 e. The van der Waals surface area contributed by atoms with Crippen molar-refractivity contribution in [1.82, 2.24) is 4.90 Å². The average molecular weight is 400 g/mol. The molecule has 6 heteroatoms. The van der Waals surface area contributed by atoms with Gasteiger partial charge in [-0.05, 0) is 46.2 Å². The normalized spacial score (nSPS) is 17.1. The summed E-state index contributed by atoms with van der Waals surface area (Å²) in [6.07, 6.45) is -0.343. The highest BCUT2D eigenvalue weighted by molar-refractivity contribution is 6.30. The molecule has 4 rings (SSSR count). The van der Waals surface area contributed by atoms with Crippen LogP contribution < -0.4 is 0 Å². The lowest BCUT2D eigenvalue weighted by atomic mass is 9.96. The third-order valence-electron chi connectivity index (χ3n) is 4.99. The molecular formula is C22H19ClFNO3. The van der Waals surface area contributed by atoms with Crippen LogP contribution in [-0.2, 0) is 4.74 Å². The van der Waals surface area contributed by atoms with Gasteiger partial charge in [0, 0.05) is 18.7 Å². The minimum absolute atomic E-state index is 0.0866. The number of rotatable bonds is 3. The summed E-state index contributed by atoms with van der Waals surface area (Å²) in [5, 5.41) is 11.2. The number of amides is 1. The van der Waals surface area contributed by atoms with Gasteiger partial charge in [0.25, 0.3) is 5.91 Å². The molecule has 0 spiro atoms. The van der Waals surface area contributed by atoms with Gasteiger partial charge in [-0.3, -0.25) is 4.79 Å². The Hall–Kier alpha value is -2.47. The molecule has 0 saturated carbocycles. The number of aliphatic hydroxyl groups is 1. The first kappa shape index (κ1) is 18.9. The highest BCUT2D eigenvalue weighted by Gasteiger charge is 2.24. The summed E-state index contributed by atoms with van der Waals surface area (Å²) in [5.41, 5.74) is 2.18. The van der Waals surface area contributed by atoms with E-state index in [9.17, 15) is 14.3 Å². The Balaban J connectivity index is 1.68. The molecule has 0 aliphatic carbocycles.